The molecular formula is C27H40N4O5. The minimum atomic E-state index is -0.872. The van der Waals surface area contributed by atoms with Gasteiger partial charge in [0, 0.05) is 24.9 Å². The number of fused-ring (bicyclic) bond motifs is 1. The normalized spacial score (nSPS) is 29.7. The molecule has 0 aromatic heterocycles. The van der Waals surface area contributed by atoms with E-state index in [-0.39, 0.29) is 70.8 Å². The van der Waals surface area contributed by atoms with Crippen LogP contribution < -0.4 is 16.0 Å². The van der Waals surface area contributed by atoms with Gasteiger partial charge in [0.05, 0.1) is 6.04 Å². The topological polar surface area (TPSA) is 125 Å². The smallest absolute Gasteiger partial charge is 0.245 e. The van der Waals surface area contributed by atoms with E-state index in [9.17, 15) is 24.0 Å². The van der Waals surface area contributed by atoms with Crippen molar-refractivity contribution < 1.29 is 24.0 Å². The number of rotatable bonds is 11. The Morgan fingerprint density at radius 1 is 1.11 bits per heavy atom. The summed E-state index contributed by atoms with van der Waals surface area (Å²) in [4.78, 5) is 66.3. The Kier molecular flexibility index (Phi) is 7.30. The Balaban J connectivity index is 1.52. The molecule has 198 valence electrons. The molecule has 2 heterocycles. The second-order valence-corrected chi connectivity index (χ2v) is 12.0. The van der Waals surface area contributed by atoms with Gasteiger partial charge in [0.15, 0.2) is 5.78 Å². The Morgan fingerprint density at radius 2 is 1.78 bits per heavy atom. The van der Waals surface area contributed by atoms with Crippen LogP contribution in [-0.4, -0.2) is 65.5 Å². The molecule has 2 aliphatic heterocycles. The largest absolute Gasteiger partial charge is 0.356 e. The summed E-state index contributed by atoms with van der Waals surface area (Å²) in [6.45, 7) is 12.8. The molecule has 4 aliphatic rings. The van der Waals surface area contributed by atoms with Crippen molar-refractivity contribution in [3.05, 3.63) is 12.7 Å². The predicted molar refractivity (Wildman–Crippen MR) is 133 cm³/mol. The summed E-state index contributed by atoms with van der Waals surface area (Å²) in [5.41, 5.74) is -0.0904. The highest BCUT2D eigenvalue weighted by atomic mass is 16.2. The van der Waals surface area contributed by atoms with E-state index in [4.69, 9.17) is 0 Å². The minimum absolute atomic E-state index is 0.0177. The van der Waals surface area contributed by atoms with Gasteiger partial charge < -0.3 is 20.9 Å². The zero-order valence-electron chi connectivity index (χ0n) is 21.8. The number of nitrogens with zero attached hydrogens (tertiary/aromatic N) is 1. The van der Waals surface area contributed by atoms with Crippen molar-refractivity contribution in [1.29, 1.82) is 0 Å². The van der Waals surface area contributed by atoms with Crippen molar-refractivity contribution in [2.24, 2.45) is 35.0 Å². The van der Waals surface area contributed by atoms with E-state index in [0.717, 1.165) is 12.8 Å². The van der Waals surface area contributed by atoms with Crippen LogP contribution in [0.3, 0.4) is 0 Å². The van der Waals surface area contributed by atoms with Crippen molar-refractivity contribution >= 4 is 29.4 Å². The van der Waals surface area contributed by atoms with E-state index >= 15 is 0 Å². The summed E-state index contributed by atoms with van der Waals surface area (Å²) in [6, 6.07) is -2.27. The first-order chi connectivity index (χ1) is 16.9. The lowest BCUT2D eigenvalue weighted by atomic mass is 9.94. The molecular weight excluding hydrogens is 460 g/mol. The zero-order valence-corrected chi connectivity index (χ0v) is 21.8. The fraction of sp³-hybridized carbons (Fsp3) is 0.741. The van der Waals surface area contributed by atoms with Crippen LogP contribution >= 0.6 is 0 Å². The number of ketones is 1. The van der Waals surface area contributed by atoms with Gasteiger partial charge in [0.25, 0.3) is 0 Å². The van der Waals surface area contributed by atoms with Gasteiger partial charge in [0.2, 0.25) is 23.6 Å². The van der Waals surface area contributed by atoms with Crippen molar-refractivity contribution in [1.82, 2.24) is 20.9 Å². The minimum Gasteiger partial charge on any atom is -0.356 e. The van der Waals surface area contributed by atoms with E-state index in [1.807, 2.05) is 13.8 Å². The van der Waals surface area contributed by atoms with Crippen LogP contribution in [0.5, 0.6) is 0 Å². The molecule has 36 heavy (non-hydrogen) atoms. The molecule has 0 aromatic carbocycles. The van der Waals surface area contributed by atoms with Crippen LogP contribution in [0.25, 0.3) is 0 Å². The van der Waals surface area contributed by atoms with Crippen molar-refractivity contribution in [3.8, 4) is 0 Å². The average molecular weight is 501 g/mol. The SMILES string of the molecule is C=CC(=O)[C@H](C[C@@H]1CCNC1=O)NC(=O)[C@@H]1[C@@H]2[C@H](CN1C(=O)[C@H](CC(C)C)NC(=O)C1CC1)C2(C)C. The zero-order chi connectivity index (χ0) is 26.4. The number of likely N-dealkylation sites (tertiary alicyclic amines) is 1. The predicted octanol–water partition coefficient (Wildman–Crippen LogP) is 1.18. The van der Waals surface area contributed by atoms with E-state index in [0.29, 0.717) is 25.9 Å². The number of hydrogen-bond acceptors (Lipinski definition) is 5. The lowest BCUT2D eigenvalue weighted by molar-refractivity contribution is -0.144. The first kappa shape index (κ1) is 26.4. The monoisotopic (exact) mass is 500 g/mol. The first-order valence-corrected chi connectivity index (χ1v) is 13.3. The molecule has 0 aromatic rings. The fourth-order valence-corrected chi connectivity index (χ4v) is 6.14. The molecule has 4 rings (SSSR count). The van der Waals surface area contributed by atoms with Gasteiger partial charge >= 0.3 is 0 Å². The molecule has 2 aliphatic carbocycles. The lowest BCUT2D eigenvalue weighted by Crippen LogP contribution is -2.58. The van der Waals surface area contributed by atoms with Crippen molar-refractivity contribution in [3.63, 3.8) is 0 Å². The summed E-state index contributed by atoms with van der Waals surface area (Å²) < 4.78 is 0. The summed E-state index contributed by atoms with van der Waals surface area (Å²) in [5, 5.41) is 8.58. The van der Waals surface area contributed by atoms with Crippen LogP contribution in [-0.2, 0) is 24.0 Å². The number of piperidine rings is 1. The van der Waals surface area contributed by atoms with Gasteiger partial charge in [-0.05, 0) is 61.3 Å². The lowest BCUT2D eigenvalue weighted by Gasteiger charge is -2.34. The van der Waals surface area contributed by atoms with Gasteiger partial charge in [-0.1, -0.05) is 34.3 Å². The quantitative estimate of drug-likeness (QED) is 0.368. The third kappa shape index (κ3) is 5.20. The molecule has 9 nitrogen and oxygen atoms in total. The highest BCUT2D eigenvalue weighted by Crippen LogP contribution is 2.65. The second-order valence-electron chi connectivity index (χ2n) is 12.0. The van der Waals surface area contributed by atoms with Crippen LogP contribution in [0.2, 0.25) is 0 Å². The van der Waals surface area contributed by atoms with Gasteiger partial charge in [-0.2, -0.15) is 0 Å². The second kappa shape index (κ2) is 9.98. The molecule has 0 unspecified atom stereocenters. The summed E-state index contributed by atoms with van der Waals surface area (Å²) in [5.74, 6) is -1.18. The van der Waals surface area contributed by atoms with Crippen LogP contribution in [0.15, 0.2) is 12.7 Å². The number of amides is 4. The van der Waals surface area contributed by atoms with Crippen LogP contribution in [0, 0.1) is 35.0 Å². The molecule has 4 amide bonds. The molecule has 9 heteroatoms. The highest BCUT2D eigenvalue weighted by molar-refractivity contribution is 5.99. The molecule has 2 saturated heterocycles. The number of hydrogen-bond donors (Lipinski definition) is 3. The maximum Gasteiger partial charge on any atom is 0.245 e. The molecule has 0 spiro atoms. The molecule has 6 atom stereocenters. The summed E-state index contributed by atoms with van der Waals surface area (Å²) >= 11 is 0. The number of carbonyl (C=O) groups is 5. The maximum absolute atomic E-state index is 13.7. The van der Waals surface area contributed by atoms with Crippen LogP contribution in [0.1, 0.15) is 59.8 Å². The third-order valence-corrected chi connectivity index (χ3v) is 8.57. The van der Waals surface area contributed by atoms with Gasteiger partial charge in [-0.3, -0.25) is 24.0 Å². The molecule has 2 saturated carbocycles. The molecule has 0 radical (unpaired) electrons. The van der Waals surface area contributed by atoms with Gasteiger partial charge in [0.1, 0.15) is 12.1 Å². The molecule has 3 N–H and O–H groups in total. The van der Waals surface area contributed by atoms with E-state index in [1.54, 1.807) is 4.90 Å². The van der Waals surface area contributed by atoms with E-state index < -0.39 is 18.1 Å². The Bertz CT molecular complexity index is 956. The number of carbonyl (C=O) groups excluding carboxylic acids is 5. The van der Waals surface area contributed by atoms with E-state index in [1.165, 1.54) is 6.08 Å². The van der Waals surface area contributed by atoms with E-state index in [2.05, 4.69) is 36.4 Å². The molecule has 0 bridgehead atoms. The third-order valence-electron chi connectivity index (χ3n) is 8.57. The Morgan fingerprint density at radius 3 is 2.33 bits per heavy atom. The van der Waals surface area contributed by atoms with Gasteiger partial charge in [-0.25, -0.2) is 0 Å². The summed E-state index contributed by atoms with van der Waals surface area (Å²) in [6.07, 6.45) is 4.17. The average Bonchev–Trinajstić information content (AvgIpc) is 3.63. The highest BCUT2D eigenvalue weighted by Gasteiger charge is 2.69. The first-order valence-electron chi connectivity index (χ1n) is 13.3. The summed E-state index contributed by atoms with van der Waals surface area (Å²) in [7, 11) is 0. The van der Waals surface area contributed by atoms with Crippen LogP contribution in [0.4, 0.5) is 0 Å². The Hall–Kier alpha value is -2.71. The maximum atomic E-state index is 13.7. The van der Waals surface area contributed by atoms with Crippen molar-refractivity contribution in [2.45, 2.75) is 77.9 Å². The molecule has 4 fully saturated rings. The Labute approximate surface area is 213 Å². The standard InChI is InChI=1S/C27H40N4O5/c1-6-20(32)18(12-16-9-10-28-23(16)33)29-25(35)22-21-17(27(21,4)5)13-31(22)26(36)19(11-14(2)3)30-24(34)15-7-8-15/h6,14-19,21-22H,1,7-13H2,2-5H3,(H,28,33)(H,29,35)(H,30,34)/t16-,17-,18-,19-,21-,22-/m0/s1. The van der Waals surface area contributed by atoms with Gasteiger partial charge in [-0.15, -0.1) is 0 Å². The fourth-order valence-electron chi connectivity index (χ4n) is 6.14. The number of nitrogens with one attached hydrogen (secondary N) is 3. The van der Waals surface area contributed by atoms with Crippen molar-refractivity contribution in [2.75, 3.05) is 13.1 Å².